The van der Waals surface area contributed by atoms with Gasteiger partial charge in [-0.3, -0.25) is 4.98 Å². The molecule has 17 heavy (non-hydrogen) atoms. The monoisotopic (exact) mass is 230 g/mol. The molecule has 2 rings (SSSR count). The van der Waals surface area contributed by atoms with E-state index >= 15 is 0 Å². The quantitative estimate of drug-likeness (QED) is 0.781. The van der Waals surface area contributed by atoms with Gasteiger partial charge >= 0.3 is 0 Å². The Hall–Kier alpha value is -1.15. The van der Waals surface area contributed by atoms with E-state index in [1.54, 1.807) is 5.57 Å². The van der Waals surface area contributed by atoms with Crippen LogP contribution in [0, 0.1) is 0 Å². The molecule has 1 aliphatic rings. The first-order valence-corrected chi connectivity index (χ1v) is 6.67. The molecular formula is C15H22N2. The molecule has 1 aliphatic carbocycles. The lowest BCUT2D eigenvalue weighted by Gasteiger charge is -2.16. The van der Waals surface area contributed by atoms with Gasteiger partial charge in [0, 0.05) is 18.4 Å². The Morgan fingerprint density at radius 1 is 1.29 bits per heavy atom. The Balaban J connectivity index is 1.73. The van der Waals surface area contributed by atoms with E-state index in [2.05, 4.69) is 35.4 Å². The van der Waals surface area contributed by atoms with E-state index in [0.717, 1.165) is 6.54 Å². The molecule has 92 valence electrons. The third-order valence-corrected chi connectivity index (χ3v) is 3.49. The van der Waals surface area contributed by atoms with Gasteiger partial charge in [-0.05, 0) is 63.3 Å². The molecule has 0 aromatic carbocycles. The molecule has 1 heterocycles. The summed E-state index contributed by atoms with van der Waals surface area (Å²) in [5.41, 5.74) is 2.96. The van der Waals surface area contributed by atoms with E-state index in [4.69, 9.17) is 0 Å². The van der Waals surface area contributed by atoms with E-state index in [1.165, 1.54) is 37.7 Å². The average molecular weight is 230 g/mol. The summed E-state index contributed by atoms with van der Waals surface area (Å²) < 4.78 is 0. The lowest BCUT2D eigenvalue weighted by Crippen LogP contribution is -2.20. The van der Waals surface area contributed by atoms with Crippen molar-refractivity contribution in [3.05, 3.63) is 41.7 Å². The summed E-state index contributed by atoms with van der Waals surface area (Å²) >= 11 is 0. The molecule has 1 N–H and O–H groups in total. The van der Waals surface area contributed by atoms with Crippen molar-refractivity contribution in [3.63, 3.8) is 0 Å². The molecule has 0 saturated carbocycles. The number of aromatic nitrogens is 1. The van der Waals surface area contributed by atoms with Crippen LogP contribution in [-0.2, 0) is 0 Å². The summed E-state index contributed by atoms with van der Waals surface area (Å²) in [5, 5.41) is 3.58. The van der Waals surface area contributed by atoms with Gasteiger partial charge in [-0.15, -0.1) is 0 Å². The van der Waals surface area contributed by atoms with Gasteiger partial charge in [-0.25, -0.2) is 0 Å². The molecule has 0 saturated heterocycles. The van der Waals surface area contributed by atoms with E-state index < -0.39 is 0 Å². The summed E-state index contributed by atoms with van der Waals surface area (Å²) in [6.07, 6.45) is 12.7. The van der Waals surface area contributed by atoms with E-state index in [0.29, 0.717) is 6.04 Å². The molecule has 1 aromatic rings. The Bertz CT molecular complexity index is 356. The molecule has 0 bridgehead atoms. The van der Waals surface area contributed by atoms with Gasteiger partial charge in [0.05, 0.1) is 0 Å². The number of pyridine rings is 1. The maximum atomic E-state index is 4.04. The van der Waals surface area contributed by atoms with Crippen molar-refractivity contribution in [2.24, 2.45) is 0 Å². The number of nitrogens with zero attached hydrogens (tertiary/aromatic N) is 1. The summed E-state index contributed by atoms with van der Waals surface area (Å²) in [7, 11) is 0. The van der Waals surface area contributed by atoms with Gasteiger partial charge in [-0.1, -0.05) is 11.6 Å². The molecule has 0 amide bonds. The molecule has 1 aromatic heterocycles. The normalized spacial score (nSPS) is 17.6. The molecule has 0 aliphatic heterocycles. The van der Waals surface area contributed by atoms with Crippen LogP contribution in [0.2, 0.25) is 0 Å². The van der Waals surface area contributed by atoms with Crippen LogP contribution in [0.3, 0.4) is 0 Å². The van der Waals surface area contributed by atoms with Gasteiger partial charge in [0.15, 0.2) is 0 Å². The van der Waals surface area contributed by atoms with Gasteiger partial charge < -0.3 is 5.32 Å². The van der Waals surface area contributed by atoms with E-state index in [9.17, 15) is 0 Å². The highest BCUT2D eigenvalue weighted by molar-refractivity contribution is 5.14. The lowest BCUT2D eigenvalue weighted by molar-refractivity contribution is 0.562. The zero-order chi connectivity index (χ0) is 11.9. The van der Waals surface area contributed by atoms with Crippen LogP contribution in [0.25, 0.3) is 0 Å². The Kier molecular flexibility index (Phi) is 4.75. The zero-order valence-corrected chi connectivity index (χ0v) is 10.7. The molecule has 0 fully saturated rings. The second kappa shape index (κ2) is 6.55. The largest absolute Gasteiger partial charge is 0.310 e. The van der Waals surface area contributed by atoms with Crippen molar-refractivity contribution in [2.75, 3.05) is 6.54 Å². The molecule has 1 atom stereocenters. The second-order valence-corrected chi connectivity index (χ2v) is 4.81. The number of hydrogen-bond acceptors (Lipinski definition) is 2. The van der Waals surface area contributed by atoms with Gasteiger partial charge in [0.2, 0.25) is 0 Å². The summed E-state index contributed by atoms with van der Waals surface area (Å²) in [5.74, 6) is 0. The van der Waals surface area contributed by atoms with Crippen LogP contribution in [0.1, 0.15) is 50.6 Å². The number of rotatable bonds is 5. The topological polar surface area (TPSA) is 24.9 Å². The zero-order valence-electron chi connectivity index (χ0n) is 10.7. The number of hydrogen-bond donors (Lipinski definition) is 1. The Morgan fingerprint density at radius 2 is 2.12 bits per heavy atom. The first-order chi connectivity index (χ1) is 8.36. The highest BCUT2D eigenvalue weighted by Gasteiger charge is 2.06. The summed E-state index contributed by atoms with van der Waals surface area (Å²) in [4.78, 5) is 4.04. The van der Waals surface area contributed by atoms with E-state index in [-0.39, 0.29) is 0 Å². The first kappa shape index (κ1) is 12.3. The SMILES string of the molecule is CC(NCCC1=CCCCC1)c1ccncc1. The molecule has 0 radical (unpaired) electrons. The van der Waals surface area contributed by atoms with Crippen LogP contribution in [0.15, 0.2) is 36.2 Å². The minimum Gasteiger partial charge on any atom is -0.310 e. The average Bonchev–Trinajstić information content (AvgIpc) is 2.41. The van der Waals surface area contributed by atoms with Crippen molar-refractivity contribution >= 4 is 0 Å². The minimum absolute atomic E-state index is 0.419. The highest BCUT2D eigenvalue weighted by atomic mass is 14.9. The standard InChI is InChI=1S/C15H22N2/c1-13(15-8-10-16-11-9-15)17-12-7-14-5-3-2-4-6-14/h5,8-11,13,17H,2-4,6-7,12H2,1H3. The smallest absolute Gasteiger partial charge is 0.0293 e. The summed E-state index contributed by atoms with van der Waals surface area (Å²) in [6, 6.07) is 4.58. The Labute approximate surface area is 104 Å². The molecule has 0 spiro atoms. The maximum absolute atomic E-state index is 4.04. The van der Waals surface area contributed by atoms with Gasteiger partial charge in [0.1, 0.15) is 0 Å². The third kappa shape index (κ3) is 3.97. The van der Waals surface area contributed by atoms with Crippen LogP contribution < -0.4 is 5.32 Å². The first-order valence-electron chi connectivity index (χ1n) is 6.67. The Morgan fingerprint density at radius 3 is 2.82 bits per heavy atom. The fourth-order valence-corrected chi connectivity index (χ4v) is 2.35. The number of allylic oxidation sites excluding steroid dienone is 1. The highest BCUT2D eigenvalue weighted by Crippen LogP contribution is 2.20. The predicted molar refractivity (Wildman–Crippen MR) is 71.8 cm³/mol. The maximum Gasteiger partial charge on any atom is 0.0293 e. The summed E-state index contributed by atoms with van der Waals surface area (Å²) in [6.45, 7) is 3.29. The van der Waals surface area contributed by atoms with Gasteiger partial charge in [0.25, 0.3) is 0 Å². The fourth-order valence-electron chi connectivity index (χ4n) is 2.35. The minimum atomic E-state index is 0.419. The van der Waals surface area contributed by atoms with Crippen LogP contribution in [-0.4, -0.2) is 11.5 Å². The van der Waals surface area contributed by atoms with Gasteiger partial charge in [-0.2, -0.15) is 0 Å². The predicted octanol–water partition coefficient (Wildman–Crippen LogP) is 3.62. The van der Waals surface area contributed by atoms with Crippen molar-refractivity contribution < 1.29 is 0 Å². The van der Waals surface area contributed by atoms with Crippen molar-refractivity contribution in [3.8, 4) is 0 Å². The molecule has 2 nitrogen and oxygen atoms in total. The van der Waals surface area contributed by atoms with Crippen LogP contribution in [0.5, 0.6) is 0 Å². The third-order valence-electron chi connectivity index (χ3n) is 3.49. The second-order valence-electron chi connectivity index (χ2n) is 4.81. The fraction of sp³-hybridized carbons (Fsp3) is 0.533. The van der Waals surface area contributed by atoms with Crippen molar-refractivity contribution in [1.82, 2.24) is 10.3 Å². The van der Waals surface area contributed by atoms with Crippen LogP contribution >= 0.6 is 0 Å². The molecule has 1 unspecified atom stereocenters. The molecule has 2 heteroatoms. The van der Waals surface area contributed by atoms with Crippen molar-refractivity contribution in [1.29, 1.82) is 0 Å². The lowest BCUT2D eigenvalue weighted by atomic mass is 9.97. The van der Waals surface area contributed by atoms with E-state index in [1.807, 2.05) is 12.4 Å². The van der Waals surface area contributed by atoms with Crippen molar-refractivity contribution in [2.45, 2.75) is 45.1 Å². The van der Waals surface area contributed by atoms with Crippen LogP contribution in [0.4, 0.5) is 0 Å². The molecular weight excluding hydrogens is 208 g/mol. The number of nitrogens with one attached hydrogen (secondary N) is 1.